The van der Waals surface area contributed by atoms with E-state index in [1.54, 1.807) is 17.7 Å². The SMILES string of the molecule is CC(C)(C)c1ccnc(-n2c3ccccc3c3ccc(Oc4cc(-c5ccccc5)cc(-c5cc6c(cn5)sc5ncnn56)c4)cc32)c1. The van der Waals surface area contributed by atoms with Crippen molar-refractivity contribution in [2.24, 2.45) is 0 Å². The number of rotatable bonds is 5. The molecule has 0 fully saturated rings. The van der Waals surface area contributed by atoms with E-state index in [0.29, 0.717) is 0 Å². The molecule has 9 rings (SSSR count). The maximum atomic E-state index is 6.72. The molecule has 8 heteroatoms. The zero-order chi connectivity index (χ0) is 32.4. The topological polar surface area (TPSA) is 70.1 Å². The molecule has 0 saturated heterocycles. The second-order valence-corrected chi connectivity index (χ2v) is 14.0. The van der Waals surface area contributed by atoms with Gasteiger partial charge in [-0.1, -0.05) is 80.6 Å². The van der Waals surface area contributed by atoms with Crippen molar-refractivity contribution in [3.05, 3.63) is 133 Å². The van der Waals surface area contributed by atoms with E-state index in [1.807, 2.05) is 29.0 Å². The summed E-state index contributed by atoms with van der Waals surface area (Å²) in [7, 11) is 0. The molecular weight excluding hydrogens is 613 g/mol. The van der Waals surface area contributed by atoms with Gasteiger partial charge in [0.1, 0.15) is 23.6 Å². The first kappa shape index (κ1) is 28.4. The van der Waals surface area contributed by atoms with Gasteiger partial charge in [0, 0.05) is 34.8 Å². The molecular formula is C40H30N6OS. The molecule has 0 aliphatic rings. The molecule has 7 nitrogen and oxygen atoms in total. The van der Waals surface area contributed by atoms with Crippen molar-refractivity contribution in [3.8, 4) is 39.7 Å². The van der Waals surface area contributed by atoms with E-state index in [0.717, 1.165) is 71.3 Å². The number of fused-ring (bicyclic) bond motifs is 6. The third-order valence-corrected chi connectivity index (χ3v) is 9.82. The van der Waals surface area contributed by atoms with Gasteiger partial charge in [-0.25, -0.2) is 14.5 Å². The van der Waals surface area contributed by atoms with E-state index in [4.69, 9.17) is 14.7 Å². The average Bonchev–Trinajstić information content (AvgIpc) is 3.80. The van der Waals surface area contributed by atoms with E-state index in [1.165, 1.54) is 10.9 Å². The van der Waals surface area contributed by atoms with Crippen LogP contribution in [0.2, 0.25) is 0 Å². The Hall–Kier alpha value is -5.86. The highest BCUT2D eigenvalue weighted by atomic mass is 32.1. The summed E-state index contributed by atoms with van der Waals surface area (Å²) in [6, 6.07) is 37.8. The van der Waals surface area contributed by atoms with Crippen molar-refractivity contribution in [2.45, 2.75) is 26.2 Å². The van der Waals surface area contributed by atoms with Gasteiger partial charge in [-0.05, 0) is 76.7 Å². The van der Waals surface area contributed by atoms with Gasteiger partial charge in [-0.15, -0.1) is 0 Å². The van der Waals surface area contributed by atoms with Crippen LogP contribution >= 0.6 is 11.3 Å². The lowest BCUT2D eigenvalue weighted by atomic mass is 9.88. The minimum absolute atomic E-state index is 0.00368. The molecule has 0 atom stereocenters. The van der Waals surface area contributed by atoms with Crippen molar-refractivity contribution in [1.29, 1.82) is 0 Å². The molecule has 4 aromatic carbocycles. The fourth-order valence-corrected chi connectivity index (χ4v) is 7.29. The Morgan fingerprint density at radius 2 is 1.46 bits per heavy atom. The molecule has 5 heterocycles. The zero-order valence-electron chi connectivity index (χ0n) is 26.6. The fourth-order valence-electron chi connectivity index (χ4n) is 6.41. The number of para-hydroxylation sites is 1. The number of benzene rings is 4. The zero-order valence-corrected chi connectivity index (χ0v) is 27.4. The molecule has 232 valence electrons. The number of hydrogen-bond donors (Lipinski definition) is 0. The molecule has 0 radical (unpaired) electrons. The van der Waals surface area contributed by atoms with Crippen molar-refractivity contribution in [3.63, 3.8) is 0 Å². The highest BCUT2D eigenvalue weighted by molar-refractivity contribution is 7.23. The summed E-state index contributed by atoms with van der Waals surface area (Å²) in [5.74, 6) is 2.34. The lowest BCUT2D eigenvalue weighted by Gasteiger charge is -2.20. The summed E-state index contributed by atoms with van der Waals surface area (Å²) in [5, 5.41) is 6.74. The third-order valence-electron chi connectivity index (χ3n) is 8.82. The minimum atomic E-state index is -0.00368. The van der Waals surface area contributed by atoms with E-state index in [9.17, 15) is 0 Å². The molecule has 0 N–H and O–H groups in total. The molecule has 5 aromatic heterocycles. The highest BCUT2D eigenvalue weighted by Gasteiger charge is 2.19. The molecule has 0 aliphatic heterocycles. The third kappa shape index (κ3) is 4.80. The summed E-state index contributed by atoms with van der Waals surface area (Å²) in [5.41, 5.74) is 8.27. The lowest BCUT2D eigenvalue weighted by Crippen LogP contribution is -2.12. The van der Waals surface area contributed by atoms with Crippen molar-refractivity contribution < 1.29 is 4.74 Å². The Morgan fingerprint density at radius 3 is 2.33 bits per heavy atom. The first-order valence-electron chi connectivity index (χ1n) is 15.9. The van der Waals surface area contributed by atoms with Crippen molar-refractivity contribution in [1.82, 2.24) is 29.1 Å². The smallest absolute Gasteiger partial charge is 0.213 e. The Balaban J connectivity index is 1.18. The number of thiazole rings is 1. The van der Waals surface area contributed by atoms with Crippen LogP contribution < -0.4 is 4.74 Å². The van der Waals surface area contributed by atoms with Crippen LogP contribution in [-0.2, 0) is 5.41 Å². The number of nitrogens with zero attached hydrogens (tertiary/aromatic N) is 6. The molecule has 0 unspecified atom stereocenters. The normalized spacial score (nSPS) is 12.1. The van der Waals surface area contributed by atoms with Crippen LogP contribution in [0.4, 0.5) is 0 Å². The van der Waals surface area contributed by atoms with Gasteiger partial charge >= 0.3 is 0 Å². The van der Waals surface area contributed by atoms with Crippen LogP contribution in [0.5, 0.6) is 11.5 Å². The summed E-state index contributed by atoms with van der Waals surface area (Å²) in [6.45, 7) is 6.68. The Bertz CT molecular complexity index is 2650. The Morgan fingerprint density at radius 1 is 0.646 bits per heavy atom. The molecule has 0 spiro atoms. The summed E-state index contributed by atoms with van der Waals surface area (Å²) in [4.78, 5) is 14.9. The minimum Gasteiger partial charge on any atom is -0.457 e. The number of aromatic nitrogens is 6. The van der Waals surface area contributed by atoms with Crippen LogP contribution in [0.15, 0.2) is 128 Å². The van der Waals surface area contributed by atoms with Crippen molar-refractivity contribution >= 4 is 48.3 Å². The molecule has 0 aliphatic carbocycles. The van der Waals surface area contributed by atoms with E-state index in [2.05, 4.69) is 132 Å². The molecule has 48 heavy (non-hydrogen) atoms. The molecule has 0 bridgehead atoms. The van der Waals surface area contributed by atoms with Crippen LogP contribution in [0.25, 0.3) is 65.2 Å². The predicted molar refractivity (Wildman–Crippen MR) is 194 cm³/mol. The van der Waals surface area contributed by atoms with Crippen LogP contribution in [-0.4, -0.2) is 29.1 Å². The predicted octanol–water partition coefficient (Wildman–Crippen LogP) is 10.3. The van der Waals surface area contributed by atoms with E-state index in [-0.39, 0.29) is 5.41 Å². The maximum absolute atomic E-state index is 6.72. The van der Waals surface area contributed by atoms with Crippen LogP contribution in [0.1, 0.15) is 26.3 Å². The molecule has 0 amide bonds. The maximum Gasteiger partial charge on any atom is 0.213 e. The lowest BCUT2D eigenvalue weighted by molar-refractivity contribution is 0.483. The second-order valence-electron chi connectivity index (χ2n) is 13.0. The summed E-state index contributed by atoms with van der Waals surface area (Å²) < 4.78 is 11.9. The van der Waals surface area contributed by atoms with Gasteiger partial charge in [-0.3, -0.25) is 9.55 Å². The molecule has 0 saturated carbocycles. The first-order valence-corrected chi connectivity index (χ1v) is 16.7. The Labute approximate surface area is 280 Å². The van der Waals surface area contributed by atoms with Crippen LogP contribution in [0, 0.1) is 0 Å². The molecule has 9 aromatic rings. The average molecular weight is 643 g/mol. The number of hydrogen-bond acceptors (Lipinski definition) is 6. The monoisotopic (exact) mass is 642 g/mol. The van der Waals surface area contributed by atoms with Crippen LogP contribution in [0.3, 0.4) is 0 Å². The van der Waals surface area contributed by atoms with Gasteiger partial charge in [0.05, 0.1) is 26.9 Å². The number of pyridine rings is 2. The van der Waals surface area contributed by atoms with Gasteiger partial charge in [0.15, 0.2) is 0 Å². The summed E-state index contributed by atoms with van der Waals surface area (Å²) in [6.07, 6.45) is 5.39. The number of ether oxygens (including phenoxy) is 1. The van der Waals surface area contributed by atoms with Gasteiger partial charge in [0.25, 0.3) is 0 Å². The van der Waals surface area contributed by atoms with E-state index >= 15 is 0 Å². The first-order chi connectivity index (χ1) is 23.4. The standard InChI is InChI=1S/C40H30N6OS/c1-40(2,3)28-15-16-41-38(20-28)45-34-12-8-7-11-31(34)32-14-13-29(21-35(32)45)47-30-18-26(25-9-5-4-6-10-25)17-27(19-30)33-22-36-37(23-42-33)48-39-43-24-44-46(36)39/h4-24H,1-3H3. The van der Waals surface area contributed by atoms with Gasteiger partial charge in [-0.2, -0.15) is 5.10 Å². The largest absolute Gasteiger partial charge is 0.457 e. The Kier molecular flexibility index (Phi) is 6.42. The van der Waals surface area contributed by atoms with E-state index < -0.39 is 0 Å². The summed E-state index contributed by atoms with van der Waals surface area (Å²) >= 11 is 1.58. The second kappa shape index (κ2) is 10.9. The van der Waals surface area contributed by atoms with Gasteiger partial charge < -0.3 is 4.74 Å². The quantitative estimate of drug-likeness (QED) is 0.187. The highest BCUT2D eigenvalue weighted by Crippen LogP contribution is 2.38. The van der Waals surface area contributed by atoms with Gasteiger partial charge in [0.2, 0.25) is 4.96 Å². The van der Waals surface area contributed by atoms with Crippen molar-refractivity contribution in [2.75, 3.05) is 0 Å². The fraction of sp³-hybridized carbons (Fsp3) is 0.100.